The Balaban J connectivity index is 1.85. The van der Waals surface area contributed by atoms with Gasteiger partial charge in [-0.1, -0.05) is 29.4 Å². The number of nitrogens with one attached hydrogen (secondary N) is 1. The topological polar surface area (TPSA) is 42.0 Å². The summed E-state index contributed by atoms with van der Waals surface area (Å²) in [6.45, 7) is 1.81. The fraction of sp³-hybridized carbons (Fsp3) is 0.0526. The van der Waals surface area contributed by atoms with Crippen LogP contribution in [-0.2, 0) is 0 Å². The molecule has 1 aromatic heterocycles. The van der Waals surface area contributed by atoms with Gasteiger partial charge in [0, 0.05) is 21.8 Å². The van der Waals surface area contributed by atoms with E-state index >= 15 is 0 Å². The number of amides is 1. The lowest BCUT2D eigenvalue weighted by Crippen LogP contribution is -2.14. The molecule has 6 heteroatoms. The van der Waals surface area contributed by atoms with Crippen LogP contribution in [0, 0.1) is 12.7 Å². The van der Waals surface area contributed by atoms with Gasteiger partial charge in [-0.05, 0) is 61.0 Å². The number of halogens is 2. The van der Waals surface area contributed by atoms with Crippen LogP contribution in [-0.4, -0.2) is 10.9 Å². The van der Waals surface area contributed by atoms with E-state index in [9.17, 15) is 9.18 Å². The lowest BCUT2D eigenvalue weighted by molar-refractivity contribution is 0.102. The Bertz CT molecular complexity index is 916. The zero-order valence-electron chi connectivity index (χ0n) is 13.3. The van der Waals surface area contributed by atoms with Crippen LogP contribution in [0.1, 0.15) is 15.9 Å². The minimum absolute atomic E-state index is 0.335. The fourth-order valence-corrected chi connectivity index (χ4v) is 3.18. The normalized spacial score (nSPS) is 10.5. The molecule has 0 saturated heterocycles. The summed E-state index contributed by atoms with van der Waals surface area (Å²) in [6.07, 6.45) is 1.63. The number of carbonyl (C=O) groups is 1. The van der Waals surface area contributed by atoms with E-state index < -0.39 is 5.82 Å². The van der Waals surface area contributed by atoms with Crippen molar-refractivity contribution < 1.29 is 9.18 Å². The number of hydrogen-bond acceptors (Lipinski definition) is 3. The molecule has 2 aromatic carbocycles. The summed E-state index contributed by atoms with van der Waals surface area (Å²) in [6, 6.07) is 14.9. The van der Waals surface area contributed by atoms with Gasteiger partial charge in [-0.2, -0.15) is 0 Å². The van der Waals surface area contributed by atoms with Crippen molar-refractivity contribution in [2.45, 2.75) is 16.8 Å². The molecule has 0 fully saturated rings. The maximum absolute atomic E-state index is 13.4. The number of aromatic nitrogens is 1. The molecule has 1 heterocycles. The number of anilines is 1. The molecule has 25 heavy (non-hydrogen) atoms. The van der Waals surface area contributed by atoms with Gasteiger partial charge in [0.15, 0.2) is 0 Å². The van der Waals surface area contributed by atoms with Crippen LogP contribution in [0.4, 0.5) is 10.1 Å². The number of pyridine rings is 1. The summed E-state index contributed by atoms with van der Waals surface area (Å²) in [4.78, 5) is 17.8. The Labute approximate surface area is 154 Å². The van der Waals surface area contributed by atoms with E-state index in [2.05, 4.69) is 10.3 Å². The monoisotopic (exact) mass is 372 g/mol. The average Bonchev–Trinajstić information content (AvgIpc) is 2.60. The van der Waals surface area contributed by atoms with Crippen LogP contribution < -0.4 is 5.32 Å². The van der Waals surface area contributed by atoms with Crippen molar-refractivity contribution in [2.24, 2.45) is 0 Å². The second-order valence-corrected chi connectivity index (χ2v) is 6.82. The molecule has 0 aliphatic carbocycles. The summed E-state index contributed by atoms with van der Waals surface area (Å²) >= 11 is 7.26. The highest BCUT2D eigenvalue weighted by Crippen LogP contribution is 2.30. The van der Waals surface area contributed by atoms with Crippen molar-refractivity contribution in [2.75, 3.05) is 5.32 Å². The van der Waals surface area contributed by atoms with Gasteiger partial charge in [0.05, 0.1) is 5.56 Å². The third-order valence-corrected chi connectivity index (χ3v) is 4.77. The van der Waals surface area contributed by atoms with E-state index in [0.717, 1.165) is 10.5 Å². The molecule has 0 aliphatic heterocycles. The van der Waals surface area contributed by atoms with Crippen molar-refractivity contribution in [1.29, 1.82) is 0 Å². The highest BCUT2D eigenvalue weighted by molar-refractivity contribution is 7.99. The molecule has 1 amide bonds. The first-order valence-electron chi connectivity index (χ1n) is 7.49. The Morgan fingerprint density at radius 2 is 1.92 bits per heavy atom. The molecule has 3 aromatic rings. The number of benzene rings is 2. The number of aryl methyl sites for hydroxylation is 1. The van der Waals surface area contributed by atoms with Gasteiger partial charge in [-0.15, -0.1) is 0 Å². The van der Waals surface area contributed by atoms with Crippen LogP contribution in [0.25, 0.3) is 0 Å². The summed E-state index contributed by atoms with van der Waals surface area (Å²) < 4.78 is 13.4. The molecule has 3 nitrogen and oxygen atoms in total. The Morgan fingerprint density at radius 1 is 1.16 bits per heavy atom. The first kappa shape index (κ1) is 17.5. The molecule has 1 N–H and O–H groups in total. The van der Waals surface area contributed by atoms with Crippen LogP contribution in [0.5, 0.6) is 0 Å². The maximum atomic E-state index is 13.4. The number of nitrogens with zero attached hydrogens (tertiary/aromatic N) is 1. The maximum Gasteiger partial charge on any atom is 0.258 e. The third-order valence-electron chi connectivity index (χ3n) is 3.49. The van der Waals surface area contributed by atoms with E-state index in [1.54, 1.807) is 36.5 Å². The molecule has 0 bridgehead atoms. The van der Waals surface area contributed by atoms with Crippen molar-refractivity contribution >= 4 is 35.0 Å². The molecule has 0 spiro atoms. The molecular formula is C19H14ClFN2OS. The number of rotatable bonds is 4. The van der Waals surface area contributed by atoms with Crippen molar-refractivity contribution in [3.05, 3.63) is 82.8 Å². The molecular weight excluding hydrogens is 359 g/mol. The highest BCUT2D eigenvalue weighted by atomic mass is 35.5. The second-order valence-electron chi connectivity index (χ2n) is 5.33. The fourth-order valence-electron chi connectivity index (χ4n) is 2.18. The first-order valence-corrected chi connectivity index (χ1v) is 8.68. The van der Waals surface area contributed by atoms with E-state index in [4.69, 9.17) is 11.6 Å². The van der Waals surface area contributed by atoms with Crippen LogP contribution >= 0.6 is 23.4 Å². The van der Waals surface area contributed by atoms with Gasteiger partial charge in [0.2, 0.25) is 0 Å². The van der Waals surface area contributed by atoms with E-state index in [-0.39, 0.29) is 5.91 Å². The predicted octanol–water partition coefficient (Wildman–Crippen LogP) is 5.59. The lowest BCUT2D eigenvalue weighted by atomic mass is 10.2. The van der Waals surface area contributed by atoms with Crippen molar-refractivity contribution in [1.82, 2.24) is 4.98 Å². The molecule has 0 unspecified atom stereocenters. The van der Waals surface area contributed by atoms with Crippen molar-refractivity contribution in [3.63, 3.8) is 0 Å². The zero-order chi connectivity index (χ0) is 17.8. The van der Waals surface area contributed by atoms with Gasteiger partial charge >= 0.3 is 0 Å². The van der Waals surface area contributed by atoms with Crippen molar-refractivity contribution in [3.8, 4) is 0 Å². The Hall–Kier alpha value is -2.37. The van der Waals surface area contributed by atoms with E-state index in [0.29, 0.717) is 21.3 Å². The predicted molar refractivity (Wildman–Crippen MR) is 98.9 cm³/mol. The summed E-state index contributed by atoms with van der Waals surface area (Å²) in [5.74, 6) is -0.735. The number of carbonyl (C=O) groups excluding carboxylic acids is 1. The molecule has 0 atom stereocenters. The largest absolute Gasteiger partial charge is 0.322 e. The molecule has 0 saturated carbocycles. The molecule has 3 rings (SSSR count). The van der Waals surface area contributed by atoms with Gasteiger partial charge in [-0.25, -0.2) is 9.37 Å². The highest BCUT2D eigenvalue weighted by Gasteiger charge is 2.15. The van der Waals surface area contributed by atoms with Crippen LogP contribution in [0.2, 0.25) is 5.02 Å². The molecule has 0 radical (unpaired) electrons. The van der Waals surface area contributed by atoms with Gasteiger partial charge in [0.1, 0.15) is 10.8 Å². The smallest absolute Gasteiger partial charge is 0.258 e. The summed E-state index contributed by atoms with van der Waals surface area (Å²) in [5, 5.41) is 3.96. The lowest BCUT2D eigenvalue weighted by Gasteiger charge is -2.11. The minimum atomic E-state index is -0.400. The number of hydrogen-bond donors (Lipinski definition) is 1. The van der Waals surface area contributed by atoms with Gasteiger partial charge in [0.25, 0.3) is 5.91 Å². The second kappa shape index (κ2) is 7.68. The minimum Gasteiger partial charge on any atom is -0.322 e. The standard InChI is InChI=1S/C19H14ClFN2OS/c1-12-4-7-14(21)11-17(12)23-18(24)16-3-2-10-22-19(16)25-15-8-5-13(20)6-9-15/h2-11H,1H3,(H,23,24). The Kier molecular flexibility index (Phi) is 5.36. The van der Waals surface area contributed by atoms with E-state index in [1.165, 1.54) is 23.9 Å². The van der Waals surface area contributed by atoms with Crippen LogP contribution in [0.3, 0.4) is 0 Å². The summed E-state index contributed by atoms with van der Waals surface area (Å²) in [7, 11) is 0. The van der Waals surface area contributed by atoms with Gasteiger partial charge < -0.3 is 5.32 Å². The quantitative estimate of drug-likeness (QED) is 0.649. The summed E-state index contributed by atoms with van der Waals surface area (Å²) in [5.41, 5.74) is 1.65. The van der Waals surface area contributed by atoms with Crippen LogP contribution in [0.15, 0.2) is 70.7 Å². The zero-order valence-corrected chi connectivity index (χ0v) is 14.9. The SMILES string of the molecule is Cc1ccc(F)cc1NC(=O)c1cccnc1Sc1ccc(Cl)cc1. The Morgan fingerprint density at radius 3 is 2.68 bits per heavy atom. The molecule has 0 aliphatic rings. The first-order chi connectivity index (χ1) is 12.0. The van der Waals surface area contributed by atoms with Gasteiger partial charge in [-0.3, -0.25) is 4.79 Å². The molecule has 126 valence electrons. The average molecular weight is 373 g/mol. The third kappa shape index (κ3) is 4.38. The van der Waals surface area contributed by atoms with E-state index in [1.807, 2.05) is 19.1 Å².